The monoisotopic (exact) mass is 208 g/mol. The second-order valence-corrected chi connectivity index (χ2v) is 3.37. The van der Waals surface area contributed by atoms with Crippen molar-refractivity contribution in [2.75, 3.05) is 5.73 Å². The molecule has 0 aliphatic heterocycles. The molecule has 0 bridgehead atoms. The summed E-state index contributed by atoms with van der Waals surface area (Å²) in [5.41, 5.74) is 7.15. The van der Waals surface area contributed by atoms with Gasteiger partial charge in [-0.25, -0.2) is 0 Å². The first-order valence-corrected chi connectivity index (χ1v) is 4.50. The van der Waals surface area contributed by atoms with Crippen LogP contribution in [0.25, 0.3) is 5.69 Å². The van der Waals surface area contributed by atoms with Gasteiger partial charge < -0.3 is 5.73 Å². The van der Waals surface area contributed by atoms with E-state index >= 15 is 0 Å². The van der Waals surface area contributed by atoms with Crippen molar-refractivity contribution in [1.82, 2.24) is 15.0 Å². The molecule has 0 aliphatic carbocycles. The van der Waals surface area contributed by atoms with Crippen LogP contribution in [0.3, 0.4) is 0 Å². The van der Waals surface area contributed by atoms with Crippen LogP contribution in [0.2, 0.25) is 5.02 Å². The molecule has 4 nitrogen and oxygen atoms in total. The molecule has 2 N–H and O–H groups in total. The summed E-state index contributed by atoms with van der Waals surface area (Å²) in [6, 6.07) is 7.24. The average Bonchev–Trinajstić information content (AvgIpc) is 2.48. The summed E-state index contributed by atoms with van der Waals surface area (Å²) < 4.78 is 0. The Hall–Kier alpha value is -1.55. The highest BCUT2D eigenvalue weighted by atomic mass is 35.5. The number of nitrogens with two attached hydrogens (primary N) is 1. The smallest absolute Gasteiger partial charge is 0.169 e. The van der Waals surface area contributed by atoms with E-state index in [-0.39, 0.29) is 0 Å². The highest BCUT2D eigenvalue weighted by molar-refractivity contribution is 6.30. The van der Waals surface area contributed by atoms with Gasteiger partial charge in [-0.3, -0.25) is 0 Å². The predicted molar refractivity (Wildman–Crippen MR) is 55.5 cm³/mol. The lowest BCUT2D eigenvalue weighted by Crippen LogP contribution is -1.98. The van der Waals surface area contributed by atoms with Gasteiger partial charge in [0.1, 0.15) is 5.69 Å². The maximum atomic E-state index is 5.76. The van der Waals surface area contributed by atoms with Crippen LogP contribution in [-0.4, -0.2) is 15.0 Å². The third kappa shape index (κ3) is 1.56. The number of halogens is 1. The van der Waals surface area contributed by atoms with Crippen molar-refractivity contribution in [3.63, 3.8) is 0 Å². The van der Waals surface area contributed by atoms with Crippen molar-refractivity contribution >= 4 is 17.4 Å². The van der Waals surface area contributed by atoms with Gasteiger partial charge in [-0.2, -0.15) is 5.10 Å². The van der Waals surface area contributed by atoms with Gasteiger partial charge in [0, 0.05) is 5.02 Å². The van der Waals surface area contributed by atoms with Gasteiger partial charge in [-0.15, -0.1) is 9.90 Å². The Labute approximate surface area is 86.3 Å². The molecule has 2 aromatic rings. The van der Waals surface area contributed by atoms with Gasteiger partial charge in [0.05, 0.1) is 5.69 Å². The average molecular weight is 209 g/mol. The maximum Gasteiger partial charge on any atom is 0.169 e. The summed E-state index contributed by atoms with van der Waals surface area (Å²) in [5.74, 6) is 0.444. The molecule has 1 aromatic heterocycles. The highest BCUT2D eigenvalue weighted by Gasteiger charge is 2.03. The first kappa shape index (κ1) is 9.02. The minimum Gasteiger partial charge on any atom is -0.381 e. The molecule has 2 rings (SSSR count). The van der Waals surface area contributed by atoms with E-state index in [1.807, 2.05) is 19.1 Å². The minimum atomic E-state index is 0.444. The summed E-state index contributed by atoms with van der Waals surface area (Å²) >= 11 is 5.76. The number of anilines is 1. The SMILES string of the molecule is Cc1nn(-c2ccc(Cl)cc2)nc1N. The van der Waals surface area contributed by atoms with Crippen molar-refractivity contribution < 1.29 is 0 Å². The van der Waals surface area contributed by atoms with E-state index in [9.17, 15) is 0 Å². The Balaban J connectivity index is 2.44. The van der Waals surface area contributed by atoms with Crippen LogP contribution in [-0.2, 0) is 0 Å². The molecule has 0 atom stereocenters. The molecule has 0 fully saturated rings. The number of nitrogens with zero attached hydrogens (tertiary/aromatic N) is 3. The standard InChI is InChI=1S/C9H9ClN4/c1-6-9(11)13-14(12-6)8-4-2-7(10)3-5-8/h2-5H,1H3,(H2,11,13). The number of nitrogen functional groups attached to an aromatic ring is 1. The molecule has 1 heterocycles. The van der Waals surface area contributed by atoms with Crippen molar-refractivity contribution in [2.45, 2.75) is 6.92 Å². The van der Waals surface area contributed by atoms with Crippen molar-refractivity contribution in [1.29, 1.82) is 0 Å². The van der Waals surface area contributed by atoms with Crippen LogP contribution < -0.4 is 5.73 Å². The molecule has 0 aliphatic rings. The molecule has 0 radical (unpaired) electrons. The Bertz CT molecular complexity index is 427. The normalized spacial score (nSPS) is 10.4. The van der Waals surface area contributed by atoms with Gasteiger partial charge in [0.2, 0.25) is 0 Å². The van der Waals surface area contributed by atoms with Crippen LogP contribution in [0.15, 0.2) is 24.3 Å². The van der Waals surface area contributed by atoms with Gasteiger partial charge in [-0.05, 0) is 31.2 Å². The molecule has 14 heavy (non-hydrogen) atoms. The fourth-order valence-corrected chi connectivity index (χ4v) is 1.21. The lowest BCUT2D eigenvalue weighted by atomic mass is 10.3. The fourth-order valence-electron chi connectivity index (χ4n) is 1.08. The third-order valence-corrected chi connectivity index (χ3v) is 2.13. The first-order chi connectivity index (χ1) is 6.66. The molecular weight excluding hydrogens is 200 g/mol. The van der Waals surface area contributed by atoms with Crippen molar-refractivity contribution in [3.8, 4) is 5.69 Å². The third-order valence-electron chi connectivity index (χ3n) is 1.88. The summed E-state index contributed by atoms with van der Waals surface area (Å²) in [7, 11) is 0. The summed E-state index contributed by atoms with van der Waals surface area (Å²) in [4.78, 5) is 1.49. The van der Waals surface area contributed by atoms with Gasteiger partial charge in [0.15, 0.2) is 5.82 Å². The number of aromatic nitrogens is 3. The quantitative estimate of drug-likeness (QED) is 0.778. The molecule has 5 heteroatoms. The summed E-state index contributed by atoms with van der Waals surface area (Å²) in [6.07, 6.45) is 0. The number of hydrogen-bond acceptors (Lipinski definition) is 3. The first-order valence-electron chi connectivity index (χ1n) is 4.12. The highest BCUT2D eigenvalue weighted by Crippen LogP contribution is 2.13. The molecule has 0 amide bonds. The molecule has 0 spiro atoms. The largest absolute Gasteiger partial charge is 0.381 e. The molecule has 72 valence electrons. The summed E-state index contributed by atoms with van der Waals surface area (Å²) in [6.45, 7) is 1.81. The number of hydrogen-bond donors (Lipinski definition) is 1. The van der Waals surface area contributed by atoms with E-state index < -0.39 is 0 Å². The lowest BCUT2D eigenvalue weighted by Gasteiger charge is -1.97. The molecule has 0 saturated carbocycles. The zero-order valence-electron chi connectivity index (χ0n) is 7.61. The Morgan fingerprint density at radius 3 is 2.36 bits per heavy atom. The van der Waals surface area contributed by atoms with Crippen LogP contribution >= 0.6 is 11.6 Å². The number of aryl methyl sites for hydroxylation is 1. The van der Waals surface area contributed by atoms with Crippen molar-refractivity contribution in [2.24, 2.45) is 0 Å². The van der Waals surface area contributed by atoms with E-state index in [4.69, 9.17) is 17.3 Å². The van der Waals surface area contributed by atoms with E-state index in [0.29, 0.717) is 10.8 Å². The van der Waals surface area contributed by atoms with Crippen LogP contribution in [0.1, 0.15) is 5.69 Å². The van der Waals surface area contributed by atoms with Gasteiger partial charge in [-0.1, -0.05) is 11.6 Å². The zero-order chi connectivity index (χ0) is 10.1. The number of rotatable bonds is 1. The lowest BCUT2D eigenvalue weighted by molar-refractivity contribution is 0.747. The van der Waals surface area contributed by atoms with Gasteiger partial charge >= 0.3 is 0 Å². The fraction of sp³-hybridized carbons (Fsp3) is 0.111. The molecular formula is C9H9ClN4. The Kier molecular flexibility index (Phi) is 2.13. The molecule has 1 aromatic carbocycles. The zero-order valence-corrected chi connectivity index (χ0v) is 8.36. The van der Waals surface area contributed by atoms with E-state index in [1.54, 1.807) is 12.1 Å². The maximum absolute atomic E-state index is 5.76. The van der Waals surface area contributed by atoms with E-state index in [2.05, 4.69) is 10.2 Å². The van der Waals surface area contributed by atoms with Crippen LogP contribution in [0.5, 0.6) is 0 Å². The van der Waals surface area contributed by atoms with Crippen molar-refractivity contribution in [3.05, 3.63) is 35.0 Å². The predicted octanol–water partition coefficient (Wildman–Crippen LogP) is 1.81. The second-order valence-electron chi connectivity index (χ2n) is 2.94. The van der Waals surface area contributed by atoms with Crippen LogP contribution in [0.4, 0.5) is 5.82 Å². The Morgan fingerprint density at radius 2 is 1.86 bits per heavy atom. The Morgan fingerprint density at radius 1 is 1.21 bits per heavy atom. The number of benzene rings is 1. The topological polar surface area (TPSA) is 56.7 Å². The molecule has 0 saturated heterocycles. The summed E-state index contributed by atoms with van der Waals surface area (Å²) in [5, 5.41) is 8.88. The van der Waals surface area contributed by atoms with E-state index in [1.165, 1.54) is 4.80 Å². The van der Waals surface area contributed by atoms with Crippen LogP contribution in [0, 0.1) is 6.92 Å². The van der Waals surface area contributed by atoms with E-state index in [0.717, 1.165) is 11.4 Å². The minimum absolute atomic E-state index is 0.444. The molecule has 0 unspecified atom stereocenters. The second kappa shape index (κ2) is 3.31. The van der Waals surface area contributed by atoms with Gasteiger partial charge in [0.25, 0.3) is 0 Å².